The van der Waals surface area contributed by atoms with Crippen LogP contribution in [0.5, 0.6) is 0 Å². The number of hydrogen-bond donors (Lipinski definition) is 1. The van der Waals surface area contributed by atoms with Crippen LogP contribution in [0.25, 0.3) is 0 Å². The molecule has 0 aliphatic carbocycles. The maximum Gasteiger partial charge on any atom is 0.128 e. The summed E-state index contributed by atoms with van der Waals surface area (Å²) < 4.78 is 8.09. The summed E-state index contributed by atoms with van der Waals surface area (Å²) in [6.07, 6.45) is 7.49. The molecule has 5 nitrogen and oxygen atoms in total. The Bertz CT molecular complexity index is 774. The number of aryl methyl sites for hydroxylation is 1. The monoisotopic (exact) mass is 418 g/mol. The topological polar surface area (TPSA) is 40.6 Å². The van der Waals surface area contributed by atoms with Crippen LogP contribution in [-0.2, 0) is 11.2 Å². The molecule has 29 heavy (non-hydrogen) atoms. The van der Waals surface area contributed by atoms with E-state index in [1.807, 2.05) is 13.2 Å². The van der Waals surface area contributed by atoms with E-state index in [0.29, 0.717) is 0 Å². The number of pyridine rings is 1. The Kier molecular flexibility index (Phi) is 7.30. The number of anilines is 1. The number of aromatic nitrogens is 1. The largest absolute Gasteiger partial charge is 0.391 e. The van der Waals surface area contributed by atoms with E-state index in [4.69, 9.17) is 21.5 Å². The average molecular weight is 419 g/mol. The molecule has 0 radical (unpaired) electrons. The van der Waals surface area contributed by atoms with Crippen molar-refractivity contribution in [3.63, 3.8) is 0 Å². The Hall–Kier alpha value is -1.50. The van der Waals surface area contributed by atoms with Gasteiger partial charge in [-0.05, 0) is 37.3 Å². The van der Waals surface area contributed by atoms with Gasteiger partial charge in [0.1, 0.15) is 5.82 Å². The fraction of sp³-hybridized carbons (Fsp3) is 0.609. The lowest BCUT2D eigenvalue weighted by atomic mass is 9.96. The second-order valence-electron chi connectivity index (χ2n) is 8.22. The predicted molar refractivity (Wildman–Crippen MR) is 129 cm³/mol. The maximum atomic E-state index is 5.66. The van der Waals surface area contributed by atoms with Crippen LogP contribution in [0.15, 0.2) is 30.6 Å². The molecule has 0 atom stereocenters. The van der Waals surface area contributed by atoms with Crippen molar-refractivity contribution < 1.29 is 4.74 Å². The Morgan fingerprint density at radius 2 is 1.90 bits per heavy atom. The van der Waals surface area contributed by atoms with Crippen LogP contribution in [0, 0.1) is 0 Å². The third-order valence-electron chi connectivity index (χ3n) is 6.56. The highest BCUT2D eigenvalue weighted by atomic mass is 32.2. The molecule has 1 aromatic rings. The maximum absolute atomic E-state index is 5.66. The van der Waals surface area contributed by atoms with Crippen LogP contribution >= 0.6 is 9.39 Å². The van der Waals surface area contributed by atoms with Crippen LogP contribution < -0.4 is 10.2 Å². The third-order valence-corrected chi connectivity index (χ3v) is 10.0. The van der Waals surface area contributed by atoms with Gasteiger partial charge in [0.2, 0.25) is 0 Å². The lowest BCUT2D eigenvalue weighted by Crippen LogP contribution is -2.51. The molecule has 1 aromatic heterocycles. The van der Waals surface area contributed by atoms with Gasteiger partial charge in [0, 0.05) is 58.3 Å². The third kappa shape index (κ3) is 4.49. The Labute approximate surface area is 177 Å². The number of nitrogens with one attached hydrogen (secondary N) is 1. The van der Waals surface area contributed by atoms with Gasteiger partial charge in [0.15, 0.2) is 0 Å². The molecule has 1 N–H and O–H groups in total. The second kappa shape index (κ2) is 9.54. The molecule has 2 aliphatic rings. The summed E-state index contributed by atoms with van der Waals surface area (Å²) >= 11 is 0. The molecule has 0 amide bonds. The van der Waals surface area contributed by atoms with Crippen molar-refractivity contribution in [3.8, 4) is 0 Å². The quantitative estimate of drug-likeness (QED) is 0.655. The molecular formula is C23H38N4OS. The van der Waals surface area contributed by atoms with Crippen molar-refractivity contribution >= 4 is 27.0 Å². The lowest BCUT2D eigenvalue weighted by Gasteiger charge is -2.51. The Balaban J connectivity index is 1.68. The molecule has 2 saturated heterocycles. The first-order valence-corrected chi connectivity index (χ1v) is 12.8. The van der Waals surface area contributed by atoms with Gasteiger partial charge >= 0.3 is 0 Å². The van der Waals surface area contributed by atoms with E-state index in [9.17, 15) is 0 Å². The fourth-order valence-corrected chi connectivity index (χ4v) is 7.33. The normalized spacial score (nSPS) is 20.4. The molecule has 162 valence electrons. The summed E-state index contributed by atoms with van der Waals surface area (Å²) in [5, 5.41) is 3.32. The van der Waals surface area contributed by atoms with Crippen LogP contribution in [0.4, 0.5) is 5.82 Å². The zero-order valence-corrected chi connectivity index (χ0v) is 19.1. The minimum Gasteiger partial charge on any atom is -0.391 e. The van der Waals surface area contributed by atoms with E-state index in [0.717, 1.165) is 70.2 Å². The van der Waals surface area contributed by atoms with Gasteiger partial charge in [-0.1, -0.05) is 37.7 Å². The van der Waals surface area contributed by atoms with Crippen molar-refractivity contribution in [3.05, 3.63) is 36.2 Å². The summed E-state index contributed by atoms with van der Waals surface area (Å²) in [4.78, 5) is 7.12. The van der Waals surface area contributed by atoms with Gasteiger partial charge in [0.25, 0.3) is 0 Å². The van der Waals surface area contributed by atoms with Crippen molar-refractivity contribution in [2.75, 3.05) is 51.3 Å². The van der Waals surface area contributed by atoms with Gasteiger partial charge in [-0.15, -0.1) is 9.39 Å². The van der Waals surface area contributed by atoms with Crippen LogP contribution in [0.2, 0.25) is 0 Å². The van der Waals surface area contributed by atoms with Crippen LogP contribution in [0.3, 0.4) is 0 Å². The lowest BCUT2D eigenvalue weighted by molar-refractivity contribution is 0.0826. The second-order valence-corrected chi connectivity index (χ2v) is 11.2. The van der Waals surface area contributed by atoms with E-state index in [1.165, 1.54) is 18.4 Å². The van der Waals surface area contributed by atoms with Crippen LogP contribution in [-0.4, -0.2) is 72.2 Å². The number of rotatable bonds is 8. The van der Waals surface area contributed by atoms with Crippen molar-refractivity contribution in [2.45, 2.75) is 43.8 Å². The fourth-order valence-electron chi connectivity index (χ4n) is 4.49. The highest BCUT2D eigenvalue weighted by Crippen LogP contribution is 2.51. The summed E-state index contributed by atoms with van der Waals surface area (Å²) in [5.41, 5.74) is 2.40. The number of piperazine rings is 1. The Morgan fingerprint density at radius 1 is 1.21 bits per heavy atom. The number of hydrogen-bond acceptors (Lipinski definition) is 5. The summed E-state index contributed by atoms with van der Waals surface area (Å²) in [5.74, 6) is 10.5. The van der Waals surface area contributed by atoms with Crippen molar-refractivity contribution in [1.82, 2.24) is 14.6 Å². The van der Waals surface area contributed by atoms with E-state index >= 15 is 0 Å². The minimum atomic E-state index is -1.54. The SMILES string of the molecule is C=C(NC)C1(S(=C)(=C)N2CCN(c3ccc(CCCC)cn3)CC2)CCOCC1. The summed E-state index contributed by atoms with van der Waals surface area (Å²) in [6.45, 7) is 11.9. The van der Waals surface area contributed by atoms with Gasteiger partial charge in [0.05, 0.1) is 4.75 Å². The smallest absolute Gasteiger partial charge is 0.128 e. The predicted octanol–water partition coefficient (Wildman–Crippen LogP) is 3.41. The van der Waals surface area contributed by atoms with Crippen molar-refractivity contribution in [2.24, 2.45) is 0 Å². The highest BCUT2D eigenvalue weighted by Gasteiger charge is 2.42. The van der Waals surface area contributed by atoms with E-state index in [1.54, 1.807) is 0 Å². The highest BCUT2D eigenvalue weighted by molar-refractivity contribution is 8.27. The Morgan fingerprint density at radius 3 is 2.45 bits per heavy atom. The van der Waals surface area contributed by atoms with Crippen molar-refractivity contribution in [1.29, 1.82) is 0 Å². The molecule has 2 aliphatic heterocycles. The molecule has 0 bridgehead atoms. The van der Waals surface area contributed by atoms with Gasteiger partial charge in [-0.2, -0.15) is 0 Å². The average Bonchev–Trinajstić information content (AvgIpc) is 2.78. The molecule has 6 heteroatoms. The first-order valence-electron chi connectivity index (χ1n) is 10.8. The molecular weight excluding hydrogens is 380 g/mol. The first kappa shape index (κ1) is 22.2. The molecule has 2 fully saturated rings. The first-order chi connectivity index (χ1) is 13.9. The number of nitrogens with zero attached hydrogens (tertiary/aromatic N) is 3. The molecule has 0 saturated carbocycles. The zero-order valence-electron chi connectivity index (χ0n) is 18.3. The zero-order chi connectivity index (χ0) is 20.9. The molecule has 3 heterocycles. The number of unbranched alkanes of at least 4 members (excludes halogenated alkanes) is 1. The molecule has 0 aromatic carbocycles. The van der Waals surface area contributed by atoms with Gasteiger partial charge < -0.3 is 15.0 Å². The van der Waals surface area contributed by atoms with Crippen LogP contribution in [0.1, 0.15) is 38.2 Å². The number of ether oxygens (including phenoxy) is 1. The molecule has 3 rings (SSSR count). The molecule has 0 unspecified atom stereocenters. The van der Waals surface area contributed by atoms with Gasteiger partial charge in [-0.3, -0.25) is 4.31 Å². The van der Waals surface area contributed by atoms with E-state index < -0.39 is 9.39 Å². The summed E-state index contributed by atoms with van der Waals surface area (Å²) in [6, 6.07) is 4.41. The summed E-state index contributed by atoms with van der Waals surface area (Å²) in [7, 11) is 0.425. The molecule has 0 spiro atoms. The van der Waals surface area contributed by atoms with E-state index in [-0.39, 0.29) is 4.75 Å². The minimum absolute atomic E-state index is 0.0959. The van der Waals surface area contributed by atoms with E-state index in [2.05, 4.69) is 40.2 Å². The standard InChI is InChI=1S/C23H38N4OS/c1-6-7-8-21-9-10-22(25-19-21)26-13-15-27(16-14-26)29(4,5)23(20(2)24-3)11-17-28-18-12-23/h9-10,19,24H,2,4-8,11-18H2,1,3H3. The van der Waals surface area contributed by atoms with Gasteiger partial charge in [-0.25, -0.2) is 4.98 Å².